The molecule has 0 fully saturated rings. The monoisotopic (exact) mass is 148 g/mol. The number of nitrogen functional groups attached to an aromatic ring is 1. The van der Waals surface area contributed by atoms with Crippen molar-refractivity contribution in [1.29, 1.82) is 0 Å². The molecule has 1 aromatic heterocycles. The van der Waals surface area contributed by atoms with E-state index in [0.29, 0.717) is 17.2 Å². The van der Waals surface area contributed by atoms with Crippen LogP contribution in [0.25, 0.3) is 0 Å². The first-order chi connectivity index (χ1) is 5.15. The number of aryl methyl sites for hydroxylation is 1. The quantitative estimate of drug-likeness (QED) is 0.559. The summed E-state index contributed by atoms with van der Waals surface area (Å²) in [6.45, 7) is 1.86. The van der Waals surface area contributed by atoms with Crippen LogP contribution in [0.4, 0.5) is 5.82 Å². The molecule has 0 amide bonds. The van der Waals surface area contributed by atoms with Gasteiger partial charge in [0, 0.05) is 5.56 Å². The lowest BCUT2D eigenvalue weighted by Gasteiger charge is -2.06. The van der Waals surface area contributed by atoms with Crippen molar-refractivity contribution in [2.45, 2.75) is 6.92 Å². The van der Waals surface area contributed by atoms with Crippen LogP contribution in [0, 0.1) is 6.92 Å². The molecule has 2 radical (unpaired) electrons. The van der Waals surface area contributed by atoms with E-state index in [2.05, 4.69) is 4.98 Å². The molecule has 0 aliphatic rings. The Hall–Kier alpha value is -1.19. The fourth-order valence-electron chi connectivity index (χ4n) is 0.838. The zero-order valence-corrected chi connectivity index (χ0v) is 6.59. The molecule has 56 valence electrons. The van der Waals surface area contributed by atoms with Gasteiger partial charge < -0.3 is 10.5 Å². The first kappa shape index (κ1) is 7.92. The summed E-state index contributed by atoms with van der Waals surface area (Å²) in [5, 5.41) is 0. The van der Waals surface area contributed by atoms with Crippen molar-refractivity contribution in [3.63, 3.8) is 0 Å². The third-order valence-corrected chi connectivity index (χ3v) is 1.42. The summed E-state index contributed by atoms with van der Waals surface area (Å²) in [6, 6.07) is 1.74. The first-order valence-corrected chi connectivity index (χ1v) is 3.21. The van der Waals surface area contributed by atoms with Crippen LogP contribution in [0.1, 0.15) is 5.56 Å². The molecule has 1 heterocycles. The minimum Gasteiger partial charge on any atom is -0.481 e. The van der Waals surface area contributed by atoms with Crippen molar-refractivity contribution < 1.29 is 4.74 Å². The molecule has 0 saturated carbocycles. The van der Waals surface area contributed by atoms with Crippen LogP contribution in [0.3, 0.4) is 0 Å². The Balaban J connectivity index is 3.21. The van der Waals surface area contributed by atoms with Crippen molar-refractivity contribution >= 4 is 19.1 Å². The summed E-state index contributed by atoms with van der Waals surface area (Å²) in [4.78, 5) is 3.92. The molecule has 3 nitrogen and oxygen atoms in total. The number of ether oxygens (including phenoxy) is 1. The summed E-state index contributed by atoms with van der Waals surface area (Å²) in [5.74, 6) is 0.837. The van der Waals surface area contributed by atoms with E-state index in [1.54, 1.807) is 13.2 Å². The predicted molar refractivity (Wildman–Crippen MR) is 45.3 cm³/mol. The maximum absolute atomic E-state index is 5.50. The highest BCUT2D eigenvalue weighted by atomic mass is 16.5. The van der Waals surface area contributed by atoms with Crippen molar-refractivity contribution in [1.82, 2.24) is 4.98 Å². The van der Waals surface area contributed by atoms with Gasteiger partial charge in [-0.2, -0.15) is 4.98 Å². The Bertz CT molecular complexity index is 275. The average molecular weight is 148 g/mol. The summed E-state index contributed by atoms with van der Waals surface area (Å²) in [6.07, 6.45) is 0. The molecule has 0 spiro atoms. The number of methoxy groups -OCH3 is 1. The van der Waals surface area contributed by atoms with E-state index in [4.69, 9.17) is 18.3 Å². The molecule has 0 aliphatic heterocycles. The maximum Gasteiger partial charge on any atom is 0.217 e. The second-order valence-electron chi connectivity index (χ2n) is 2.29. The highest BCUT2D eigenvalue weighted by Gasteiger charge is 2.01. The van der Waals surface area contributed by atoms with Gasteiger partial charge in [0.05, 0.1) is 7.11 Å². The smallest absolute Gasteiger partial charge is 0.217 e. The molecule has 0 aliphatic carbocycles. The molecule has 1 rings (SSSR count). The van der Waals surface area contributed by atoms with Crippen LogP contribution in [-0.4, -0.2) is 19.9 Å². The SMILES string of the molecule is [B]c1cc(C)c(OC)nc1N. The average Bonchev–Trinajstić information content (AvgIpc) is 1.97. The van der Waals surface area contributed by atoms with Gasteiger partial charge in [-0.05, 0) is 6.92 Å². The van der Waals surface area contributed by atoms with Crippen molar-refractivity contribution in [3.05, 3.63) is 11.6 Å². The second kappa shape index (κ2) is 2.82. The second-order valence-corrected chi connectivity index (χ2v) is 2.29. The summed E-state index contributed by atoms with van der Waals surface area (Å²) < 4.78 is 4.93. The molecule has 0 atom stereocenters. The summed E-state index contributed by atoms with van der Waals surface area (Å²) in [5.41, 5.74) is 6.83. The normalized spacial score (nSPS) is 9.64. The van der Waals surface area contributed by atoms with Gasteiger partial charge in [0.15, 0.2) is 0 Å². The molecule has 2 N–H and O–H groups in total. The van der Waals surface area contributed by atoms with E-state index in [0.717, 1.165) is 5.56 Å². The fourth-order valence-corrected chi connectivity index (χ4v) is 0.838. The van der Waals surface area contributed by atoms with Gasteiger partial charge in [-0.1, -0.05) is 11.5 Å². The molecule has 0 unspecified atom stereocenters. The van der Waals surface area contributed by atoms with E-state index in [1.165, 1.54) is 0 Å². The topological polar surface area (TPSA) is 48.1 Å². The van der Waals surface area contributed by atoms with Gasteiger partial charge in [-0.15, -0.1) is 0 Å². The number of nitrogens with two attached hydrogens (primary N) is 1. The number of hydrogen-bond acceptors (Lipinski definition) is 3. The molecule has 0 aromatic carbocycles. The first-order valence-electron chi connectivity index (χ1n) is 3.21. The number of nitrogens with zero attached hydrogens (tertiary/aromatic N) is 1. The highest BCUT2D eigenvalue weighted by Crippen LogP contribution is 2.12. The van der Waals surface area contributed by atoms with Crippen LogP contribution in [0.15, 0.2) is 6.07 Å². The molecule has 1 aromatic rings. The van der Waals surface area contributed by atoms with Gasteiger partial charge in [-0.25, -0.2) is 0 Å². The van der Waals surface area contributed by atoms with Gasteiger partial charge >= 0.3 is 0 Å². The standard InChI is InChI=1S/C7H9BN2O/c1-4-3-5(8)6(9)10-7(4)11-2/h3H,1-2H3,(H2,9,10). The largest absolute Gasteiger partial charge is 0.481 e. The number of hydrogen-bond donors (Lipinski definition) is 1. The predicted octanol–water partition coefficient (Wildman–Crippen LogP) is -0.225. The Morgan fingerprint density at radius 1 is 1.64 bits per heavy atom. The number of aromatic nitrogens is 1. The Kier molecular flexibility index (Phi) is 2.03. The maximum atomic E-state index is 5.50. The summed E-state index contributed by atoms with van der Waals surface area (Å²) in [7, 11) is 7.05. The molecular formula is C7H9BN2O. The molecular weight excluding hydrogens is 139 g/mol. The number of rotatable bonds is 1. The third-order valence-electron chi connectivity index (χ3n) is 1.42. The van der Waals surface area contributed by atoms with Crippen LogP contribution >= 0.6 is 0 Å². The summed E-state index contributed by atoms with van der Waals surface area (Å²) >= 11 is 0. The minimum absolute atomic E-state index is 0.312. The zero-order chi connectivity index (χ0) is 8.43. The fraction of sp³-hybridized carbons (Fsp3) is 0.286. The van der Waals surface area contributed by atoms with E-state index >= 15 is 0 Å². The minimum atomic E-state index is 0.312. The van der Waals surface area contributed by atoms with E-state index in [-0.39, 0.29) is 0 Å². The van der Waals surface area contributed by atoms with Gasteiger partial charge in [0.25, 0.3) is 0 Å². The zero-order valence-electron chi connectivity index (χ0n) is 6.59. The van der Waals surface area contributed by atoms with Crippen molar-refractivity contribution in [2.24, 2.45) is 0 Å². The lowest BCUT2D eigenvalue weighted by atomic mass is 9.96. The van der Waals surface area contributed by atoms with Crippen molar-refractivity contribution in [3.8, 4) is 5.88 Å². The molecule has 0 bridgehead atoms. The van der Waals surface area contributed by atoms with Gasteiger partial charge in [0.1, 0.15) is 13.7 Å². The Morgan fingerprint density at radius 2 is 2.27 bits per heavy atom. The van der Waals surface area contributed by atoms with Crippen LogP contribution in [0.5, 0.6) is 5.88 Å². The Labute approximate surface area is 67.0 Å². The van der Waals surface area contributed by atoms with E-state index in [1.807, 2.05) is 6.92 Å². The van der Waals surface area contributed by atoms with E-state index in [9.17, 15) is 0 Å². The van der Waals surface area contributed by atoms with Crippen molar-refractivity contribution in [2.75, 3.05) is 12.8 Å². The molecule has 0 saturated heterocycles. The number of anilines is 1. The van der Waals surface area contributed by atoms with Crippen LogP contribution in [0.2, 0.25) is 0 Å². The van der Waals surface area contributed by atoms with Crippen LogP contribution < -0.4 is 15.9 Å². The molecule has 11 heavy (non-hydrogen) atoms. The van der Waals surface area contributed by atoms with Gasteiger partial charge in [0.2, 0.25) is 5.88 Å². The van der Waals surface area contributed by atoms with Crippen LogP contribution in [-0.2, 0) is 0 Å². The third kappa shape index (κ3) is 1.45. The molecule has 4 heteroatoms. The number of pyridine rings is 1. The van der Waals surface area contributed by atoms with Gasteiger partial charge in [-0.3, -0.25) is 0 Å². The lowest BCUT2D eigenvalue weighted by molar-refractivity contribution is 0.395. The lowest BCUT2D eigenvalue weighted by Crippen LogP contribution is -2.13. The Morgan fingerprint density at radius 3 is 2.82 bits per heavy atom. The highest BCUT2D eigenvalue weighted by molar-refractivity contribution is 6.35. The van der Waals surface area contributed by atoms with E-state index < -0.39 is 0 Å².